The van der Waals surface area contributed by atoms with Gasteiger partial charge >= 0.3 is 6.18 Å². The molecule has 0 heterocycles. The molecular weight excluding hydrogens is 521 g/mol. The molecule has 3 aromatic rings. The van der Waals surface area contributed by atoms with Crippen molar-refractivity contribution in [2.75, 3.05) is 6.61 Å². The Morgan fingerprint density at radius 2 is 1.46 bits per heavy atom. The van der Waals surface area contributed by atoms with Crippen LogP contribution in [0.25, 0.3) is 21.9 Å². The second-order valence-corrected chi connectivity index (χ2v) is 10.6. The molecular formula is C31H33F7O. The fourth-order valence-corrected chi connectivity index (χ4v) is 5.68. The van der Waals surface area contributed by atoms with Crippen LogP contribution in [-0.2, 0) is 0 Å². The molecule has 39 heavy (non-hydrogen) atoms. The molecule has 3 aromatic carbocycles. The molecule has 0 aromatic heterocycles. The standard InChI is InChI=1S/C31H33F7O/c1-2-3-4-5-6-7-19-8-10-20(11-9-19)22-15-25(32)28(26(33)16-22)21-12-13-24-23(14-21)17-27(34)30(29(24)35)39-18-31(36,37)38/h12-17,19-20H,2-11,18H2,1H3. The van der Waals surface area contributed by atoms with E-state index in [1.54, 1.807) is 0 Å². The minimum absolute atomic E-state index is 0.0576. The minimum atomic E-state index is -4.77. The number of halogens is 7. The lowest BCUT2D eigenvalue weighted by Crippen LogP contribution is -2.20. The Bertz CT molecular complexity index is 1250. The highest BCUT2D eigenvalue weighted by Crippen LogP contribution is 2.40. The molecule has 1 saturated carbocycles. The molecule has 1 fully saturated rings. The molecule has 0 bridgehead atoms. The lowest BCUT2D eigenvalue weighted by atomic mass is 9.76. The molecule has 4 rings (SSSR count). The zero-order chi connectivity index (χ0) is 28.2. The van der Waals surface area contributed by atoms with E-state index in [9.17, 15) is 22.0 Å². The molecule has 0 aliphatic heterocycles. The van der Waals surface area contributed by atoms with Crippen LogP contribution in [-0.4, -0.2) is 12.8 Å². The molecule has 0 spiro atoms. The Morgan fingerprint density at radius 3 is 2.10 bits per heavy atom. The summed E-state index contributed by atoms with van der Waals surface area (Å²) in [7, 11) is 0. The van der Waals surface area contributed by atoms with Gasteiger partial charge in [-0.3, -0.25) is 0 Å². The van der Waals surface area contributed by atoms with Crippen LogP contribution < -0.4 is 4.74 Å². The summed E-state index contributed by atoms with van der Waals surface area (Å²) in [6, 6.07) is 7.09. The van der Waals surface area contributed by atoms with Gasteiger partial charge < -0.3 is 4.74 Å². The summed E-state index contributed by atoms with van der Waals surface area (Å²) in [6.45, 7) is 0.344. The van der Waals surface area contributed by atoms with Crippen molar-refractivity contribution in [2.24, 2.45) is 5.92 Å². The van der Waals surface area contributed by atoms with E-state index in [0.29, 0.717) is 11.5 Å². The number of hydrogen-bond donors (Lipinski definition) is 0. The van der Waals surface area contributed by atoms with Crippen LogP contribution in [0, 0.1) is 29.2 Å². The van der Waals surface area contributed by atoms with Gasteiger partial charge in [0.2, 0.25) is 0 Å². The highest BCUT2D eigenvalue weighted by Gasteiger charge is 2.30. The summed E-state index contributed by atoms with van der Waals surface area (Å²) in [5, 5.41) is -0.283. The van der Waals surface area contributed by atoms with Crippen LogP contribution in [0.15, 0.2) is 36.4 Å². The zero-order valence-corrected chi connectivity index (χ0v) is 22.0. The number of benzene rings is 3. The van der Waals surface area contributed by atoms with E-state index in [4.69, 9.17) is 0 Å². The van der Waals surface area contributed by atoms with Crippen molar-refractivity contribution in [2.45, 2.75) is 83.2 Å². The Morgan fingerprint density at radius 1 is 0.795 bits per heavy atom. The maximum absolute atomic E-state index is 15.2. The van der Waals surface area contributed by atoms with Gasteiger partial charge in [-0.15, -0.1) is 0 Å². The molecule has 0 saturated heterocycles. The zero-order valence-electron chi connectivity index (χ0n) is 22.0. The SMILES string of the molecule is CCCCCCCC1CCC(c2cc(F)c(-c3ccc4c(F)c(OCC(F)(F)F)c(F)cc4c3)c(F)c2)CC1. The topological polar surface area (TPSA) is 9.23 Å². The molecule has 212 valence electrons. The average molecular weight is 555 g/mol. The third-order valence-corrected chi connectivity index (χ3v) is 7.75. The number of ether oxygens (including phenoxy) is 1. The average Bonchev–Trinajstić information content (AvgIpc) is 2.87. The number of unbranched alkanes of at least 4 members (excludes halogenated alkanes) is 4. The van der Waals surface area contributed by atoms with Gasteiger partial charge in [-0.05, 0) is 78.3 Å². The summed E-state index contributed by atoms with van der Waals surface area (Å²) < 4.78 is 101. The first-order valence-corrected chi connectivity index (χ1v) is 13.7. The summed E-state index contributed by atoms with van der Waals surface area (Å²) in [5.74, 6) is -4.60. The maximum Gasteiger partial charge on any atom is 0.422 e. The van der Waals surface area contributed by atoms with Gasteiger partial charge in [0.1, 0.15) is 11.6 Å². The largest absolute Gasteiger partial charge is 0.478 e. The summed E-state index contributed by atoms with van der Waals surface area (Å²) in [4.78, 5) is 0. The van der Waals surface area contributed by atoms with Gasteiger partial charge in [-0.1, -0.05) is 57.6 Å². The molecule has 1 aliphatic carbocycles. The fraction of sp³-hybridized carbons (Fsp3) is 0.484. The molecule has 8 heteroatoms. The van der Waals surface area contributed by atoms with Crippen molar-refractivity contribution >= 4 is 10.8 Å². The normalized spacial score (nSPS) is 18.1. The van der Waals surface area contributed by atoms with Crippen LogP contribution >= 0.6 is 0 Å². The highest BCUT2D eigenvalue weighted by atomic mass is 19.4. The lowest BCUT2D eigenvalue weighted by molar-refractivity contribution is -0.154. The molecule has 0 unspecified atom stereocenters. The molecule has 1 aliphatic rings. The fourth-order valence-electron chi connectivity index (χ4n) is 5.68. The van der Waals surface area contributed by atoms with E-state index in [1.165, 1.54) is 62.8 Å². The Hall–Kier alpha value is -2.77. The third-order valence-electron chi connectivity index (χ3n) is 7.75. The summed E-state index contributed by atoms with van der Waals surface area (Å²) in [6.07, 6.45) is 6.53. The quantitative estimate of drug-likeness (QED) is 0.179. The van der Waals surface area contributed by atoms with Crippen molar-refractivity contribution in [3.8, 4) is 16.9 Å². The number of fused-ring (bicyclic) bond motifs is 1. The van der Waals surface area contributed by atoms with E-state index in [1.807, 2.05) is 0 Å². The second kappa shape index (κ2) is 12.6. The van der Waals surface area contributed by atoms with Crippen molar-refractivity contribution in [3.63, 3.8) is 0 Å². The van der Waals surface area contributed by atoms with Gasteiger partial charge in [-0.2, -0.15) is 13.2 Å². The van der Waals surface area contributed by atoms with Gasteiger partial charge in [0.15, 0.2) is 24.0 Å². The van der Waals surface area contributed by atoms with Gasteiger partial charge in [0.25, 0.3) is 0 Å². The van der Waals surface area contributed by atoms with Crippen molar-refractivity contribution in [1.82, 2.24) is 0 Å². The summed E-state index contributed by atoms with van der Waals surface area (Å²) >= 11 is 0. The number of alkyl halides is 3. The van der Waals surface area contributed by atoms with E-state index < -0.39 is 41.8 Å². The molecule has 0 atom stereocenters. The predicted octanol–water partition coefficient (Wildman–Crippen LogP) is 10.6. The van der Waals surface area contributed by atoms with Crippen molar-refractivity contribution in [1.29, 1.82) is 0 Å². The number of hydrogen-bond acceptors (Lipinski definition) is 1. The smallest absolute Gasteiger partial charge is 0.422 e. The van der Waals surface area contributed by atoms with E-state index in [0.717, 1.165) is 37.8 Å². The summed E-state index contributed by atoms with van der Waals surface area (Å²) in [5.41, 5.74) is 0.359. The molecule has 0 N–H and O–H groups in total. The second-order valence-electron chi connectivity index (χ2n) is 10.6. The van der Waals surface area contributed by atoms with Gasteiger partial charge in [-0.25, -0.2) is 17.6 Å². The van der Waals surface area contributed by atoms with E-state index >= 15 is 8.78 Å². The monoisotopic (exact) mass is 554 g/mol. The van der Waals surface area contributed by atoms with E-state index in [2.05, 4.69) is 11.7 Å². The van der Waals surface area contributed by atoms with Crippen LogP contribution in [0.4, 0.5) is 30.7 Å². The maximum atomic E-state index is 15.2. The van der Waals surface area contributed by atoms with Crippen LogP contribution in [0.5, 0.6) is 5.75 Å². The van der Waals surface area contributed by atoms with Crippen LogP contribution in [0.3, 0.4) is 0 Å². The predicted molar refractivity (Wildman–Crippen MR) is 139 cm³/mol. The van der Waals surface area contributed by atoms with Gasteiger partial charge in [0, 0.05) is 5.39 Å². The lowest BCUT2D eigenvalue weighted by Gasteiger charge is -2.29. The first kappa shape index (κ1) is 29.2. The molecule has 1 nitrogen and oxygen atoms in total. The Labute approximate surface area is 224 Å². The molecule has 0 amide bonds. The molecule has 0 radical (unpaired) electrons. The highest BCUT2D eigenvalue weighted by molar-refractivity contribution is 5.89. The Balaban J connectivity index is 1.48. The van der Waals surface area contributed by atoms with E-state index in [-0.39, 0.29) is 27.8 Å². The van der Waals surface area contributed by atoms with Crippen LogP contribution in [0.2, 0.25) is 0 Å². The van der Waals surface area contributed by atoms with Crippen molar-refractivity contribution in [3.05, 3.63) is 65.2 Å². The minimum Gasteiger partial charge on any atom is -0.478 e. The Kier molecular flexibility index (Phi) is 9.44. The van der Waals surface area contributed by atoms with Crippen molar-refractivity contribution < 1.29 is 35.5 Å². The first-order valence-electron chi connectivity index (χ1n) is 13.7. The van der Waals surface area contributed by atoms with Gasteiger partial charge in [0.05, 0.1) is 5.56 Å². The first-order chi connectivity index (χ1) is 18.6. The third kappa shape index (κ3) is 7.25. The van der Waals surface area contributed by atoms with Crippen LogP contribution in [0.1, 0.15) is 82.6 Å². The number of rotatable bonds is 10.